The van der Waals surface area contributed by atoms with Crippen LogP contribution in [0.15, 0.2) is 18.2 Å². The molecule has 1 N–H and O–H groups in total. The Bertz CT molecular complexity index is 605. The molecule has 1 atom stereocenters. The van der Waals surface area contributed by atoms with Gasteiger partial charge in [0.25, 0.3) is 0 Å². The Morgan fingerprint density at radius 3 is 2.57 bits per heavy atom. The second-order valence-corrected chi connectivity index (χ2v) is 8.09. The first-order chi connectivity index (χ1) is 13.6. The van der Waals surface area contributed by atoms with Crippen LogP contribution in [0.1, 0.15) is 31.7 Å². The van der Waals surface area contributed by atoms with Crippen LogP contribution in [0.25, 0.3) is 0 Å². The smallest absolute Gasteiger partial charge is 0.161 e. The van der Waals surface area contributed by atoms with Gasteiger partial charge in [-0.3, -0.25) is 9.80 Å². The zero-order chi connectivity index (χ0) is 19.9. The van der Waals surface area contributed by atoms with Crippen LogP contribution in [0.5, 0.6) is 11.5 Å². The van der Waals surface area contributed by atoms with Crippen LogP contribution >= 0.6 is 0 Å². The zero-order valence-electron chi connectivity index (χ0n) is 17.8. The van der Waals surface area contributed by atoms with Crippen LogP contribution < -0.4 is 9.47 Å². The number of hydrogen-bond acceptors (Lipinski definition) is 6. The summed E-state index contributed by atoms with van der Waals surface area (Å²) in [5, 5.41) is 9.62. The van der Waals surface area contributed by atoms with Crippen LogP contribution in [0.4, 0.5) is 0 Å². The molecular formula is C22H37N3O3. The molecule has 2 aliphatic heterocycles. The van der Waals surface area contributed by atoms with Gasteiger partial charge in [0.05, 0.1) is 13.7 Å². The largest absolute Gasteiger partial charge is 0.493 e. The van der Waals surface area contributed by atoms with Gasteiger partial charge in [0.15, 0.2) is 11.5 Å². The lowest BCUT2D eigenvalue weighted by Crippen LogP contribution is -2.58. The Kier molecular flexibility index (Phi) is 7.97. The molecule has 0 bridgehead atoms. The molecule has 0 radical (unpaired) electrons. The highest BCUT2D eigenvalue weighted by Crippen LogP contribution is 2.29. The minimum absolute atomic E-state index is 0.263. The fraction of sp³-hybridized carbons (Fsp3) is 0.727. The predicted octanol–water partition coefficient (Wildman–Crippen LogP) is 2.06. The van der Waals surface area contributed by atoms with E-state index in [1.54, 1.807) is 7.11 Å². The molecule has 158 valence electrons. The molecule has 0 aromatic heterocycles. The molecule has 0 spiro atoms. The molecule has 6 nitrogen and oxygen atoms in total. The number of piperazine rings is 1. The summed E-state index contributed by atoms with van der Waals surface area (Å²) in [7, 11) is 3.89. The maximum absolute atomic E-state index is 9.62. The maximum atomic E-state index is 9.62. The van der Waals surface area contributed by atoms with Crippen molar-refractivity contribution >= 4 is 0 Å². The summed E-state index contributed by atoms with van der Waals surface area (Å²) in [6, 6.07) is 7.34. The van der Waals surface area contributed by atoms with Crippen molar-refractivity contribution in [3.05, 3.63) is 23.8 Å². The molecule has 2 saturated heterocycles. The van der Waals surface area contributed by atoms with E-state index in [1.165, 1.54) is 31.5 Å². The average molecular weight is 392 g/mol. The van der Waals surface area contributed by atoms with E-state index in [2.05, 4.69) is 33.9 Å². The van der Waals surface area contributed by atoms with E-state index in [0.717, 1.165) is 44.1 Å². The van der Waals surface area contributed by atoms with Gasteiger partial charge in [-0.1, -0.05) is 6.07 Å². The number of piperidine rings is 1. The first-order valence-corrected chi connectivity index (χ1v) is 10.7. The van der Waals surface area contributed by atoms with Crippen LogP contribution in [0.3, 0.4) is 0 Å². The SMILES string of the molecule is CCOc1cc(CN2CCN(C3CCN(C)CC3)[C@H](CCO)C2)ccc1OC. The highest BCUT2D eigenvalue weighted by molar-refractivity contribution is 5.43. The minimum Gasteiger partial charge on any atom is -0.493 e. The molecule has 0 amide bonds. The van der Waals surface area contributed by atoms with Crippen LogP contribution in [-0.2, 0) is 6.54 Å². The van der Waals surface area contributed by atoms with Gasteiger partial charge < -0.3 is 19.5 Å². The summed E-state index contributed by atoms with van der Waals surface area (Å²) in [6.07, 6.45) is 3.35. The molecule has 2 fully saturated rings. The Balaban J connectivity index is 1.63. The third-order valence-corrected chi connectivity index (χ3v) is 6.17. The molecule has 2 aliphatic rings. The number of aliphatic hydroxyl groups excluding tert-OH is 1. The number of benzene rings is 1. The number of rotatable bonds is 8. The third-order valence-electron chi connectivity index (χ3n) is 6.17. The zero-order valence-corrected chi connectivity index (χ0v) is 17.8. The molecule has 1 aromatic carbocycles. The van der Waals surface area contributed by atoms with E-state index in [-0.39, 0.29) is 6.61 Å². The van der Waals surface area contributed by atoms with Crippen molar-refractivity contribution < 1.29 is 14.6 Å². The fourth-order valence-electron chi connectivity index (χ4n) is 4.64. The number of likely N-dealkylation sites (tertiary alicyclic amines) is 1. The Morgan fingerprint density at radius 2 is 1.89 bits per heavy atom. The number of methoxy groups -OCH3 is 1. The fourth-order valence-corrected chi connectivity index (χ4v) is 4.64. The monoisotopic (exact) mass is 391 g/mol. The Labute approximate surface area is 170 Å². The van der Waals surface area contributed by atoms with Gasteiger partial charge in [-0.15, -0.1) is 0 Å². The van der Waals surface area contributed by atoms with Gasteiger partial charge in [-0.2, -0.15) is 0 Å². The molecule has 0 saturated carbocycles. The first-order valence-electron chi connectivity index (χ1n) is 10.7. The molecule has 3 rings (SSSR count). The maximum Gasteiger partial charge on any atom is 0.161 e. The number of nitrogens with zero attached hydrogens (tertiary/aromatic N) is 3. The van der Waals surface area contributed by atoms with E-state index < -0.39 is 0 Å². The van der Waals surface area contributed by atoms with Crippen molar-refractivity contribution in [2.75, 3.05) is 60.1 Å². The quantitative estimate of drug-likeness (QED) is 0.732. The van der Waals surface area contributed by atoms with Crippen molar-refractivity contribution in [3.63, 3.8) is 0 Å². The predicted molar refractivity (Wildman–Crippen MR) is 112 cm³/mol. The van der Waals surface area contributed by atoms with Gasteiger partial charge in [-0.05, 0) is 64.0 Å². The summed E-state index contributed by atoms with van der Waals surface area (Å²) >= 11 is 0. The van der Waals surface area contributed by atoms with E-state index in [4.69, 9.17) is 9.47 Å². The van der Waals surface area contributed by atoms with E-state index >= 15 is 0 Å². The van der Waals surface area contributed by atoms with Crippen LogP contribution in [0.2, 0.25) is 0 Å². The van der Waals surface area contributed by atoms with Gasteiger partial charge in [0.2, 0.25) is 0 Å². The number of ether oxygens (including phenoxy) is 2. The van der Waals surface area contributed by atoms with Crippen molar-refractivity contribution in [2.24, 2.45) is 0 Å². The van der Waals surface area contributed by atoms with Crippen molar-refractivity contribution in [2.45, 2.75) is 44.8 Å². The molecule has 1 aromatic rings. The van der Waals surface area contributed by atoms with E-state index in [1.807, 2.05) is 13.0 Å². The van der Waals surface area contributed by atoms with E-state index in [9.17, 15) is 5.11 Å². The number of aliphatic hydroxyl groups is 1. The summed E-state index contributed by atoms with van der Waals surface area (Å²) in [4.78, 5) is 7.62. The Hall–Kier alpha value is -1.34. The second kappa shape index (κ2) is 10.4. The molecular weight excluding hydrogens is 354 g/mol. The Morgan fingerprint density at radius 1 is 1.11 bits per heavy atom. The van der Waals surface area contributed by atoms with Crippen LogP contribution in [0, 0.1) is 0 Å². The normalized spacial score (nSPS) is 23.1. The lowest BCUT2D eigenvalue weighted by molar-refractivity contribution is 0.00598. The summed E-state index contributed by atoms with van der Waals surface area (Å²) in [5.41, 5.74) is 1.25. The lowest BCUT2D eigenvalue weighted by atomic mass is 9.98. The van der Waals surface area contributed by atoms with Crippen molar-refractivity contribution in [3.8, 4) is 11.5 Å². The molecule has 0 aliphatic carbocycles. The molecule has 28 heavy (non-hydrogen) atoms. The van der Waals surface area contributed by atoms with Gasteiger partial charge in [0.1, 0.15) is 0 Å². The highest BCUT2D eigenvalue weighted by Gasteiger charge is 2.33. The average Bonchev–Trinajstić information content (AvgIpc) is 2.70. The second-order valence-electron chi connectivity index (χ2n) is 8.09. The summed E-state index contributed by atoms with van der Waals surface area (Å²) < 4.78 is 11.1. The van der Waals surface area contributed by atoms with Gasteiger partial charge in [-0.25, -0.2) is 0 Å². The highest BCUT2D eigenvalue weighted by atomic mass is 16.5. The van der Waals surface area contributed by atoms with Crippen LogP contribution in [-0.4, -0.2) is 92.0 Å². The molecule has 2 heterocycles. The third kappa shape index (κ3) is 5.38. The van der Waals surface area contributed by atoms with Crippen molar-refractivity contribution in [1.29, 1.82) is 0 Å². The summed E-state index contributed by atoms with van der Waals surface area (Å²) in [6.45, 7) is 9.35. The van der Waals surface area contributed by atoms with Crippen molar-refractivity contribution in [1.82, 2.24) is 14.7 Å². The summed E-state index contributed by atoms with van der Waals surface area (Å²) in [5.74, 6) is 1.61. The van der Waals surface area contributed by atoms with Gasteiger partial charge >= 0.3 is 0 Å². The first kappa shape index (κ1) is 21.4. The number of hydrogen-bond donors (Lipinski definition) is 1. The molecule has 0 unspecified atom stereocenters. The van der Waals surface area contributed by atoms with Gasteiger partial charge in [0, 0.05) is 44.9 Å². The standard InChI is InChI=1S/C22H37N3O3/c1-4-28-22-15-18(5-6-21(22)27-3)16-24-12-13-25(20(17-24)9-14-26)19-7-10-23(2)11-8-19/h5-6,15,19-20,26H,4,7-14,16-17H2,1-3H3/t20-/m1/s1. The lowest BCUT2D eigenvalue weighted by Gasteiger charge is -2.47. The van der Waals surface area contributed by atoms with E-state index in [0.29, 0.717) is 18.7 Å². The topological polar surface area (TPSA) is 48.4 Å². The minimum atomic E-state index is 0.263. The molecule has 6 heteroatoms.